The molecule has 0 heterocycles. The summed E-state index contributed by atoms with van der Waals surface area (Å²) in [6.45, 7) is 4.12. The Morgan fingerprint density at radius 1 is 1.12 bits per heavy atom. The lowest BCUT2D eigenvalue weighted by Crippen LogP contribution is -2.34. The summed E-state index contributed by atoms with van der Waals surface area (Å²) in [4.78, 5) is 25.4. The van der Waals surface area contributed by atoms with Gasteiger partial charge in [0.05, 0.1) is 0 Å². The Balaban J connectivity index is 1.83. The van der Waals surface area contributed by atoms with Crippen molar-refractivity contribution in [3.8, 4) is 0 Å². The fraction of sp³-hybridized carbons (Fsp3) is 0.300. The Morgan fingerprint density at radius 2 is 1.88 bits per heavy atom. The van der Waals surface area contributed by atoms with Gasteiger partial charge in [-0.1, -0.05) is 30.3 Å². The maximum absolute atomic E-state index is 13.5. The highest BCUT2D eigenvalue weighted by Crippen LogP contribution is 2.16. The number of nitrogens with one attached hydrogen (secondary N) is 1. The van der Waals surface area contributed by atoms with Crippen LogP contribution >= 0.6 is 0 Å². The van der Waals surface area contributed by atoms with Crippen LogP contribution in [0.2, 0.25) is 0 Å². The smallest absolute Gasteiger partial charge is 0.223 e. The summed E-state index contributed by atoms with van der Waals surface area (Å²) in [7, 11) is 0. The molecule has 0 atom stereocenters. The maximum atomic E-state index is 13.5. The summed E-state index contributed by atoms with van der Waals surface area (Å²) in [6.07, 6.45) is 0.636. The average Bonchev–Trinajstić information content (AvgIpc) is 2.56. The molecule has 25 heavy (non-hydrogen) atoms. The molecule has 2 amide bonds. The normalized spacial score (nSPS) is 10.4. The lowest BCUT2D eigenvalue weighted by Gasteiger charge is -2.21. The van der Waals surface area contributed by atoms with E-state index in [2.05, 4.69) is 5.32 Å². The van der Waals surface area contributed by atoms with E-state index < -0.39 is 0 Å². The van der Waals surface area contributed by atoms with Crippen LogP contribution in [0.4, 0.5) is 10.1 Å². The van der Waals surface area contributed by atoms with Gasteiger partial charge in [-0.2, -0.15) is 0 Å². The third-order valence-electron chi connectivity index (χ3n) is 3.93. The van der Waals surface area contributed by atoms with Crippen LogP contribution in [-0.4, -0.2) is 24.9 Å². The van der Waals surface area contributed by atoms with E-state index in [9.17, 15) is 14.0 Å². The average molecular weight is 342 g/mol. The van der Waals surface area contributed by atoms with E-state index >= 15 is 0 Å². The highest BCUT2D eigenvalue weighted by Gasteiger charge is 2.13. The number of benzene rings is 2. The predicted octanol–water partition coefficient (Wildman–Crippen LogP) is 3.24. The Hall–Kier alpha value is -2.69. The molecule has 0 spiro atoms. The standard InChI is InChI=1S/C20H23FN2O2/c1-15-6-5-8-18(14-15)23(16(2)24)13-11-20(25)22-12-10-17-7-3-4-9-19(17)21/h3-9,14H,10-13H2,1-2H3,(H,22,25). The van der Waals surface area contributed by atoms with Crippen LogP contribution < -0.4 is 10.2 Å². The van der Waals surface area contributed by atoms with Crippen LogP contribution in [0.25, 0.3) is 0 Å². The van der Waals surface area contributed by atoms with Gasteiger partial charge in [-0.25, -0.2) is 4.39 Å². The molecule has 2 rings (SSSR count). The number of hydrogen-bond donors (Lipinski definition) is 1. The minimum Gasteiger partial charge on any atom is -0.356 e. The number of halogens is 1. The number of anilines is 1. The van der Waals surface area contributed by atoms with E-state index in [4.69, 9.17) is 0 Å². The second-order valence-corrected chi connectivity index (χ2v) is 5.95. The van der Waals surface area contributed by atoms with Crippen molar-refractivity contribution in [3.63, 3.8) is 0 Å². The molecule has 1 N–H and O–H groups in total. The highest BCUT2D eigenvalue weighted by molar-refractivity contribution is 5.92. The number of aryl methyl sites for hydroxylation is 1. The molecule has 0 aliphatic rings. The van der Waals surface area contributed by atoms with Crippen molar-refractivity contribution < 1.29 is 14.0 Å². The quantitative estimate of drug-likeness (QED) is 0.840. The Kier molecular flexibility index (Phi) is 6.69. The van der Waals surface area contributed by atoms with E-state index in [0.29, 0.717) is 25.1 Å². The molecule has 0 radical (unpaired) electrons. The molecular weight excluding hydrogens is 319 g/mol. The van der Waals surface area contributed by atoms with Crippen LogP contribution in [0.15, 0.2) is 48.5 Å². The molecule has 0 aromatic heterocycles. The third kappa shape index (κ3) is 5.71. The van der Waals surface area contributed by atoms with Crippen molar-refractivity contribution >= 4 is 17.5 Å². The van der Waals surface area contributed by atoms with Crippen molar-refractivity contribution in [2.75, 3.05) is 18.0 Å². The molecule has 4 nitrogen and oxygen atoms in total. The Morgan fingerprint density at radius 3 is 2.56 bits per heavy atom. The number of amides is 2. The Labute approximate surface area is 147 Å². The number of hydrogen-bond acceptors (Lipinski definition) is 2. The summed E-state index contributed by atoms with van der Waals surface area (Å²) in [5.41, 5.74) is 2.41. The minimum absolute atomic E-state index is 0.107. The molecule has 132 valence electrons. The lowest BCUT2D eigenvalue weighted by molar-refractivity contribution is -0.121. The zero-order chi connectivity index (χ0) is 18.2. The molecule has 0 saturated heterocycles. The fourth-order valence-electron chi connectivity index (χ4n) is 2.60. The molecule has 2 aromatic rings. The number of carbonyl (C=O) groups excluding carboxylic acids is 2. The monoisotopic (exact) mass is 342 g/mol. The molecule has 0 aliphatic carbocycles. The second-order valence-electron chi connectivity index (χ2n) is 5.95. The zero-order valence-electron chi connectivity index (χ0n) is 14.6. The Bertz CT molecular complexity index is 746. The van der Waals surface area contributed by atoms with Crippen molar-refractivity contribution in [3.05, 3.63) is 65.5 Å². The summed E-state index contributed by atoms with van der Waals surface area (Å²) in [6, 6.07) is 14.1. The van der Waals surface area contributed by atoms with Crippen molar-refractivity contribution in [1.82, 2.24) is 5.32 Å². The van der Waals surface area contributed by atoms with Gasteiger partial charge in [-0.15, -0.1) is 0 Å². The van der Waals surface area contributed by atoms with E-state index in [1.54, 1.807) is 23.1 Å². The van der Waals surface area contributed by atoms with Crippen molar-refractivity contribution in [2.45, 2.75) is 26.7 Å². The van der Waals surface area contributed by atoms with Crippen molar-refractivity contribution in [2.24, 2.45) is 0 Å². The molecule has 0 unspecified atom stereocenters. The van der Waals surface area contributed by atoms with Crippen LogP contribution in [0.5, 0.6) is 0 Å². The van der Waals surface area contributed by atoms with Gasteiger partial charge in [0.2, 0.25) is 11.8 Å². The summed E-state index contributed by atoms with van der Waals surface area (Å²) in [5, 5.41) is 2.77. The molecule has 0 fully saturated rings. The van der Waals surface area contributed by atoms with Gasteiger partial charge in [-0.05, 0) is 42.7 Å². The van der Waals surface area contributed by atoms with Gasteiger partial charge in [0.25, 0.3) is 0 Å². The molecule has 5 heteroatoms. The SMILES string of the molecule is CC(=O)N(CCC(=O)NCCc1ccccc1F)c1cccc(C)c1. The van der Waals surface area contributed by atoms with Crippen LogP contribution in [0.1, 0.15) is 24.5 Å². The molecule has 0 bridgehead atoms. The third-order valence-corrected chi connectivity index (χ3v) is 3.93. The first-order chi connectivity index (χ1) is 12.0. The van der Waals surface area contributed by atoms with Gasteiger partial charge in [0.1, 0.15) is 5.82 Å². The first-order valence-corrected chi connectivity index (χ1v) is 8.32. The van der Waals surface area contributed by atoms with Gasteiger partial charge >= 0.3 is 0 Å². The molecule has 0 aliphatic heterocycles. The van der Waals surface area contributed by atoms with E-state index in [1.807, 2.05) is 31.2 Å². The fourth-order valence-corrected chi connectivity index (χ4v) is 2.60. The topological polar surface area (TPSA) is 49.4 Å². The summed E-state index contributed by atoms with van der Waals surface area (Å²) >= 11 is 0. The number of rotatable bonds is 7. The number of carbonyl (C=O) groups is 2. The molecule has 0 saturated carbocycles. The number of nitrogens with zero attached hydrogens (tertiary/aromatic N) is 1. The van der Waals surface area contributed by atoms with Crippen LogP contribution in [-0.2, 0) is 16.0 Å². The van der Waals surface area contributed by atoms with E-state index in [-0.39, 0.29) is 24.1 Å². The lowest BCUT2D eigenvalue weighted by atomic mass is 10.1. The highest BCUT2D eigenvalue weighted by atomic mass is 19.1. The second kappa shape index (κ2) is 8.97. The first kappa shape index (κ1) is 18.6. The maximum Gasteiger partial charge on any atom is 0.223 e. The van der Waals surface area contributed by atoms with Crippen LogP contribution in [0.3, 0.4) is 0 Å². The van der Waals surface area contributed by atoms with Gasteiger partial charge < -0.3 is 10.2 Å². The first-order valence-electron chi connectivity index (χ1n) is 8.32. The van der Waals surface area contributed by atoms with Gasteiger partial charge in [0, 0.05) is 32.1 Å². The van der Waals surface area contributed by atoms with Gasteiger partial charge in [0.15, 0.2) is 0 Å². The van der Waals surface area contributed by atoms with Crippen LogP contribution in [0, 0.1) is 12.7 Å². The minimum atomic E-state index is -0.265. The van der Waals surface area contributed by atoms with E-state index in [1.165, 1.54) is 13.0 Å². The largest absolute Gasteiger partial charge is 0.356 e. The predicted molar refractivity (Wildman–Crippen MR) is 96.9 cm³/mol. The zero-order valence-corrected chi connectivity index (χ0v) is 14.6. The summed E-state index contributed by atoms with van der Waals surface area (Å²) in [5.74, 6) is -0.529. The summed E-state index contributed by atoms with van der Waals surface area (Å²) < 4.78 is 13.5. The molecule has 2 aromatic carbocycles. The molecular formula is C20H23FN2O2. The van der Waals surface area contributed by atoms with Crippen molar-refractivity contribution in [1.29, 1.82) is 0 Å². The van der Waals surface area contributed by atoms with E-state index in [0.717, 1.165) is 11.3 Å². The van der Waals surface area contributed by atoms with Gasteiger partial charge in [-0.3, -0.25) is 9.59 Å².